The summed E-state index contributed by atoms with van der Waals surface area (Å²) in [5.74, 6) is -1.23. The number of halogens is 2. The van der Waals surface area contributed by atoms with Crippen LogP contribution in [0.2, 0.25) is 5.02 Å². The lowest BCUT2D eigenvalue weighted by molar-refractivity contribution is -0.118. The summed E-state index contributed by atoms with van der Waals surface area (Å²) in [5.41, 5.74) is 5.55. The van der Waals surface area contributed by atoms with Crippen LogP contribution in [0, 0.1) is 5.82 Å². The topological polar surface area (TPSA) is 109 Å². The molecule has 3 N–H and O–H groups in total. The molecule has 2 aromatic carbocycles. The van der Waals surface area contributed by atoms with Gasteiger partial charge in [0.05, 0.1) is 22.8 Å². The Kier molecular flexibility index (Phi) is 5.83. The van der Waals surface area contributed by atoms with E-state index in [2.05, 4.69) is 21.2 Å². The average molecular weight is 461 g/mol. The van der Waals surface area contributed by atoms with Gasteiger partial charge in [-0.25, -0.2) is 9.37 Å². The number of amides is 3. The smallest absolute Gasteiger partial charge is 0.275 e. The number of rotatable bonds is 6. The zero-order chi connectivity index (χ0) is 22.0. The molecule has 0 aliphatic carbocycles. The van der Waals surface area contributed by atoms with Gasteiger partial charge in [0.1, 0.15) is 22.7 Å². The lowest BCUT2D eigenvalue weighted by atomic mass is 10.1. The fourth-order valence-electron chi connectivity index (χ4n) is 2.76. The lowest BCUT2D eigenvalue weighted by Crippen LogP contribution is -2.28. The van der Waals surface area contributed by atoms with Crippen molar-refractivity contribution in [2.45, 2.75) is 6.42 Å². The van der Waals surface area contributed by atoms with Crippen LogP contribution in [0.5, 0.6) is 5.75 Å². The quantitative estimate of drug-likeness (QED) is 0.387. The Hall–Kier alpha value is -3.50. The number of nitrogens with zero attached hydrogens (tertiary/aromatic N) is 1. The van der Waals surface area contributed by atoms with Crippen LogP contribution in [0.3, 0.4) is 0 Å². The van der Waals surface area contributed by atoms with E-state index < -0.39 is 17.6 Å². The van der Waals surface area contributed by atoms with Gasteiger partial charge in [0.15, 0.2) is 5.13 Å². The van der Waals surface area contributed by atoms with Gasteiger partial charge in [-0.05, 0) is 35.9 Å². The first-order valence-electron chi connectivity index (χ1n) is 9.00. The number of fused-ring (bicyclic) bond motifs is 1. The highest BCUT2D eigenvalue weighted by Crippen LogP contribution is 2.31. The van der Waals surface area contributed by atoms with Crippen molar-refractivity contribution in [1.29, 1.82) is 0 Å². The average Bonchev–Trinajstić information content (AvgIpc) is 3.27. The molecule has 11 heteroatoms. The summed E-state index contributed by atoms with van der Waals surface area (Å²) in [5, 5.41) is 3.15. The van der Waals surface area contributed by atoms with Gasteiger partial charge < -0.3 is 10.1 Å². The third-order valence-corrected chi connectivity index (χ3v) is 5.43. The molecular formula is C20H14ClFN4O4S. The van der Waals surface area contributed by atoms with Crippen molar-refractivity contribution in [3.8, 4) is 5.75 Å². The number of benzene rings is 2. The Bertz CT molecular complexity index is 1210. The second-order valence-electron chi connectivity index (χ2n) is 6.44. The second kappa shape index (κ2) is 8.70. The molecule has 0 spiro atoms. The third kappa shape index (κ3) is 4.81. The maximum absolute atomic E-state index is 13.4. The molecule has 158 valence electrons. The summed E-state index contributed by atoms with van der Waals surface area (Å²) in [7, 11) is 0. The molecule has 4 rings (SSSR count). The molecule has 2 heterocycles. The van der Waals surface area contributed by atoms with Crippen LogP contribution < -0.4 is 20.9 Å². The molecule has 31 heavy (non-hydrogen) atoms. The predicted molar refractivity (Wildman–Crippen MR) is 114 cm³/mol. The molecule has 8 nitrogen and oxygen atoms in total. The van der Waals surface area contributed by atoms with Crippen molar-refractivity contribution in [2.24, 2.45) is 0 Å². The van der Waals surface area contributed by atoms with E-state index in [0.717, 1.165) is 11.3 Å². The predicted octanol–water partition coefficient (Wildman–Crippen LogP) is 3.04. The first-order valence-corrected chi connectivity index (χ1v) is 10.2. The van der Waals surface area contributed by atoms with Crippen molar-refractivity contribution < 1.29 is 23.5 Å². The van der Waals surface area contributed by atoms with E-state index in [1.165, 1.54) is 18.2 Å². The largest absolute Gasteiger partial charge is 0.493 e. The number of anilines is 1. The number of nitrogens with one attached hydrogen (secondary N) is 3. The SMILES string of the molecule is O=C(CCOc1ccc(C=C2C(=O)NNC2=O)cc1)Nc1nc2c(Cl)cc(F)cc2s1. The molecule has 0 unspecified atom stereocenters. The van der Waals surface area contributed by atoms with Crippen LogP contribution in [0.25, 0.3) is 16.3 Å². The molecule has 1 fully saturated rings. The molecule has 1 aromatic heterocycles. The summed E-state index contributed by atoms with van der Waals surface area (Å²) in [6.45, 7) is 0.122. The zero-order valence-corrected chi connectivity index (χ0v) is 17.3. The van der Waals surface area contributed by atoms with Crippen molar-refractivity contribution >= 4 is 62.1 Å². The number of thiazole rings is 1. The zero-order valence-electron chi connectivity index (χ0n) is 15.7. The first-order chi connectivity index (χ1) is 14.9. The highest BCUT2D eigenvalue weighted by molar-refractivity contribution is 7.22. The van der Waals surface area contributed by atoms with Gasteiger partial charge in [-0.15, -0.1) is 0 Å². The Morgan fingerprint density at radius 1 is 1.19 bits per heavy atom. The molecule has 0 saturated carbocycles. The Morgan fingerprint density at radius 2 is 1.90 bits per heavy atom. The summed E-state index contributed by atoms with van der Waals surface area (Å²) in [6.07, 6.45) is 1.54. The molecule has 0 bridgehead atoms. The molecule has 3 amide bonds. The Morgan fingerprint density at radius 3 is 2.61 bits per heavy atom. The fraction of sp³-hybridized carbons (Fsp3) is 0.100. The van der Waals surface area contributed by atoms with Gasteiger partial charge in [-0.3, -0.25) is 25.2 Å². The first kappa shape index (κ1) is 20.8. The van der Waals surface area contributed by atoms with Crippen LogP contribution in [-0.4, -0.2) is 29.3 Å². The van der Waals surface area contributed by atoms with Crippen LogP contribution in [0.4, 0.5) is 9.52 Å². The minimum Gasteiger partial charge on any atom is -0.493 e. The second-order valence-corrected chi connectivity index (χ2v) is 7.87. The summed E-state index contributed by atoms with van der Waals surface area (Å²) < 4.78 is 19.5. The van der Waals surface area contributed by atoms with Crippen molar-refractivity contribution in [2.75, 3.05) is 11.9 Å². The van der Waals surface area contributed by atoms with E-state index in [4.69, 9.17) is 16.3 Å². The molecule has 1 aliphatic heterocycles. The van der Waals surface area contributed by atoms with Crippen molar-refractivity contribution in [3.05, 3.63) is 58.4 Å². The van der Waals surface area contributed by atoms with Crippen LogP contribution in [0.15, 0.2) is 42.0 Å². The molecule has 0 radical (unpaired) electrons. The number of ether oxygens (including phenoxy) is 1. The molecule has 1 saturated heterocycles. The number of hydrazine groups is 1. The van der Waals surface area contributed by atoms with Crippen molar-refractivity contribution in [3.63, 3.8) is 0 Å². The lowest BCUT2D eigenvalue weighted by Gasteiger charge is -2.06. The van der Waals surface area contributed by atoms with E-state index in [-0.39, 0.29) is 29.5 Å². The number of hydrogen-bond donors (Lipinski definition) is 3. The van der Waals surface area contributed by atoms with E-state index in [1.54, 1.807) is 24.3 Å². The molecular weight excluding hydrogens is 447 g/mol. The third-order valence-electron chi connectivity index (χ3n) is 4.23. The maximum Gasteiger partial charge on any atom is 0.275 e. The van der Waals surface area contributed by atoms with Crippen LogP contribution >= 0.6 is 22.9 Å². The Balaban J connectivity index is 1.30. The van der Waals surface area contributed by atoms with Gasteiger partial charge in [0, 0.05) is 0 Å². The molecule has 1 aliphatic rings. The van der Waals surface area contributed by atoms with E-state index in [1.807, 2.05) is 0 Å². The number of aromatic nitrogens is 1. The van der Waals surface area contributed by atoms with Crippen LogP contribution in [-0.2, 0) is 14.4 Å². The Labute approximate surface area is 184 Å². The monoisotopic (exact) mass is 460 g/mol. The van der Waals surface area contributed by atoms with E-state index in [9.17, 15) is 18.8 Å². The molecule has 0 atom stereocenters. The van der Waals surface area contributed by atoms with Crippen LogP contribution in [0.1, 0.15) is 12.0 Å². The minimum absolute atomic E-state index is 0.0178. The maximum atomic E-state index is 13.4. The summed E-state index contributed by atoms with van der Waals surface area (Å²) in [4.78, 5) is 39.4. The number of carbonyl (C=O) groups excluding carboxylic acids is 3. The highest BCUT2D eigenvalue weighted by atomic mass is 35.5. The normalized spacial score (nSPS) is 13.2. The van der Waals surface area contributed by atoms with Gasteiger partial charge >= 0.3 is 0 Å². The minimum atomic E-state index is -0.489. The number of hydrogen-bond acceptors (Lipinski definition) is 6. The molecule has 3 aromatic rings. The highest BCUT2D eigenvalue weighted by Gasteiger charge is 2.25. The fourth-order valence-corrected chi connectivity index (χ4v) is 4.00. The van der Waals surface area contributed by atoms with Gasteiger partial charge in [-0.2, -0.15) is 0 Å². The summed E-state index contributed by atoms with van der Waals surface area (Å²) >= 11 is 7.09. The van der Waals surface area contributed by atoms with Crippen molar-refractivity contribution in [1.82, 2.24) is 15.8 Å². The van der Waals surface area contributed by atoms with E-state index in [0.29, 0.717) is 26.7 Å². The van der Waals surface area contributed by atoms with Gasteiger partial charge in [0.2, 0.25) is 5.91 Å². The van der Waals surface area contributed by atoms with Gasteiger partial charge in [-0.1, -0.05) is 35.1 Å². The standard InChI is InChI=1S/C20H14ClFN4O4S/c21-14-8-11(22)9-15-17(14)24-20(31-15)23-16(27)5-6-30-12-3-1-10(2-4-12)7-13-18(28)25-26-19(13)29/h1-4,7-9H,5-6H2,(H,25,28)(H,26,29)(H,23,24,27). The van der Waals surface area contributed by atoms with E-state index >= 15 is 0 Å². The van der Waals surface area contributed by atoms with Gasteiger partial charge in [0.25, 0.3) is 11.8 Å². The summed E-state index contributed by atoms with van der Waals surface area (Å²) in [6, 6.07) is 9.18. The number of carbonyl (C=O) groups is 3.